The average molecular weight is 357 g/mol. The first-order valence-corrected chi connectivity index (χ1v) is 9.33. The third-order valence-corrected chi connectivity index (χ3v) is 5.26. The number of nitriles is 1. The van der Waals surface area contributed by atoms with Gasteiger partial charge in [-0.2, -0.15) is 5.26 Å². The molecule has 2 fully saturated rings. The van der Waals surface area contributed by atoms with E-state index in [0.29, 0.717) is 13.1 Å². The van der Waals surface area contributed by atoms with Crippen LogP contribution in [0.2, 0.25) is 0 Å². The van der Waals surface area contributed by atoms with E-state index in [-0.39, 0.29) is 30.2 Å². The minimum Gasteiger partial charge on any atom is -0.508 e. The van der Waals surface area contributed by atoms with E-state index in [1.165, 1.54) is 0 Å². The van der Waals surface area contributed by atoms with Crippen LogP contribution in [0.4, 0.5) is 0 Å². The maximum atomic E-state index is 12.6. The number of nitrogens with zero attached hydrogens (tertiary/aromatic N) is 2. The summed E-state index contributed by atoms with van der Waals surface area (Å²) in [6.07, 6.45) is 4.11. The van der Waals surface area contributed by atoms with Gasteiger partial charge in [-0.05, 0) is 44.6 Å². The highest BCUT2D eigenvalue weighted by Crippen LogP contribution is 2.39. The molecule has 0 radical (unpaired) electrons. The molecule has 1 aromatic carbocycles. The van der Waals surface area contributed by atoms with Crippen molar-refractivity contribution in [2.45, 2.75) is 50.8 Å². The molecule has 3 rings (SSSR count). The van der Waals surface area contributed by atoms with Gasteiger partial charge in [-0.3, -0.25) is 9.69 Å². The van der Waals surface area contributed by atoms with E-state index in [0.717, 1.165) is 37.9 Å². The number of aromatic hydroxyl groups is 1. The molecule has 2 atom stereocenters. The van der Waals surface area contributed by atoms with Crippen LogP contribution in [0.3, 0.4) is 0 Å². The number of para-hydroxylation sites is 1. The quantitative estimate of drug-likeness (QED) is 0.745. The van der Waals surface area contributed by atoms with E-state index in [1.807, 2.05) is 17.0 Å². The highest BCUT2D eigenvalue weighted by molar-refractivity contribution is 5.79. The van der Waals surface area contributed by atoms with Gasteiger partial charge in [0.05, 0.1) is 18.7 Å². The molecule has 1 aromatic rings. The van der Waals surface area contributed by atoms with Crippen molar-refractivity contribution in [2.75, 3.05) is 19.7 Å². The smallest absolute Gasteiger partial charge is 0.235 e. The molecule has 6 heteroatoms. The minimum atomic E-state index is -0.790. The van der Waals surface area contributed by atoms with Crippen LogP contribution in [0, 0.1) is 17.2 Å². The topological polar surface area (TPSA) is 85.6 Å². The van der Waals surface area contributed by atoms with Gasteiger partial charge in [-0.25, -0.2) is 0 Å². The number of phenolic OH excluding ortho intramolecular Hbond substituents is 1. The van der Waals surface area contributed by atoms with E-state index in [1.54, 1.807) is 19.1 Å². The first-order valence-electron chi connectivity index (χ1n) is 9.33. The van der Waals surface area contributed by atoms with Gasteiger partial charge in [0.15, 0.2) is 0 Å². The van der Waals surface area contributed by atoms with Gasteiger partial charge >= 0.3 is 0 Å². The molecule has 1 saturated heterocycles. The number of rotatable bonds is 8. The van der Waals surface area contributed by atoms with E-state index < -0.39 is 5.54 Å². The maximum absolute atomic E-state index is 12.6. The van der Waals surface area contributed by atoms with Gasteiger partial charge < -0.3 is 15.2 Å². The van der Waals surface area contributed by atoms with Gasteiger partial charge in [-0.1, -0.05) is 18.2 Å². The normalized spacial score (nSPS) is 22.0. The largest absolute Gasteiger partial charge is 0.508 e. The summed E-state index contributed by atoms with van der Waals surface area (Å²) >= 11 is 0. The average Bonchev–Trinajstić information content (AvgIpc) is 3.36. The number of carbonyl (C=O) groups is 1. The maximum Gasteiger partial charge on any atom is 0.235 e. The Morgan fingerprint density at radius 2 is 2.19 bits per heavy atom. The molecule has 1 amide bonds. The van der Waals surface area contributed by atoms with Crippen molar-refractivity contribution in [1.29, 1.82) is 5.26 Å². The molecular weight excluding hydrogens is 330 g/mol. The molecule has 140 valence electrons. The third-order valence-electron chi connectivity index (χ3n) is 5.26. The summed E-state index contributed by atoms with van der Waals surface area (Å²) in [6, 6.07) is 9.43. The number of amides is 1. The lowest BCUT2D eigenvalue weighted by atomic mass is 9.98. The van der Waals surface area contributed by atoms with E-state index >= 15 is 0 Å². The van der Waals surface area contributed by atoms with Crippen LogP contribution in [-0.4, -0.2) is 47.3 Å². The molecule has 1 aliphatic carbocycles. The predicted octanol–water partition coefficient (Wildman–Crippen LogP) is 2.18. The molecule has 6 nitrogen and oxygen atoms in total. The fraction of sp³-hybridized carbons (Fsp3) is 0.600. The molecule has 0 unspecified atom stereocenters. The summed E-state index contributed by atoms with van der Waals surface area (Å²) in [6.45, 7) is 3.84. The van der Waals surface area contributed by atoms with Crippen LogP contribution >= 0.6 is 0 Å². The zero-order valence-electron chi connectivity index (χ0n) is 15.3. The summed E-state index contributed by atoms with van der Waals surface area (Å²) in [5, 5.41) is 22.4. The lowest BCUT2D eigenvalue weighted by Crippen LogP contribution is -2.50. The lowest BCUT2D eigenvalue weighted by molar-refractivity contribution is -0.124. The van der Waals surface area contributed by atoms with Crippen molar-refractivity contribution in [3.63, 3.8) is 0 Å². The fourth-order valence-electron chi connectivity index (χ4n) is 3.56. The van der Waals surface area contributed by atoms with Crippen molar-refractivity contribution in [2.24, 2.45) is 5.92 Å². The summed E-state index contributed by atoms with van der Waals surface area (Å²) in [5.74, 6) is 0.320. The van der Waals surface area contributed by atoms with E-state index in [9.17, 15) is 15.2 Å². The standard InChI is InChI=1S/C20H27N3O3/c1-20(14-21,16-8-9-16)22-19(25)13-23(12-17-6-4-10-26-17)11-15-5-2-3-7-18(15)24/h2-3,5,7,16-17,24H,4,6,8-13H2,1H3,(H,22,25)/t17-,20+/m0/s1. The Hall–Kier alpha value is -2.10. The fourth-order valence-corrected chi connectivity index (χ4v) is 3.56. The molecule has 1 heterocycles. The van der Waals surface area contributed by atoms with Gasteiger partial charge in [-0.15, -0.1) is 0 Å². The number of hydrogen-bond donors (Lipinski definition) is 2. The summed E-state index contributed by atoms with van der Waals surface area (Å²) in [7, 11) is 0. The minimum absolute atomic E-state index is 0.111. The number of benzene rings is 1. The predicted molar refractivity (Wildman–Crippen MR) is 97.2 cm³/mol. The van der Waals surface area contributed by atoms with Crippen molar-refractivity contribution in [3.05, 3.63) is 29.8 Å². The van der Waals surface area contributed by atoms with Crippen LogP contribution in [0.25, 0.3) is 0 Å². The Balaban J connectivity index is 1.65. The van der Waals surface area contributed by atoms with Crippen molar-refractivity contribution in [1.82, 2.24) is 10.2 Å². The number of phenols is 1. The SMILES string of the molecule is C[C@](C#N)(NC(=O)CN(Cc1ccccc1O)C[C@@H]1CCCO1)C1CC1. The van der Waals surface area contributed by atoms with Crippen LogP contribution in [0.1, 0.15) is 38.2 Å². The molecule has 0 bridgehead atoms. The molecule has 2 aliphatic rings. The molecule has 1 aliphatic heterocycles. The molecule has 2 N–H and O–H groups in total. The van der Waals surface area contributed by atoms with Crippen LogP contribution in [-0.2, 0) is 16.1 Å². The third kappa shape index (κ3) is 4.75. The monoisotopic (exact) mass is 357 g/mol. The Morgan fingerprint density at radius 1 is 1.42 bits per heavy atom. The van der Waals surface area contributed by atoms with Crippen molar-refractivity contribution >= 4 is 5.91 Å². The lowest BCUT2D eigenvalue weighted by Gasteiger charge is -2.28. The summed E-state index contributed by atoms with van der Waals surface area (Å²) in [4.78, 5) is 14.6. The zero-order chi connectivity index (χ0) is 18.6. The van der Waals surface area contributed by atoms with Gasteiger partial charge in [0.2, 0.25) is 5.91 Å². The molecular formula is C20H27N3O3. The molecule has 0 spiro atoms. The van der Waals surface area contributed by atoms with Crippen molar-refractivity contribution in [3.8, 4) is 11.8 Å². The number of hydrogen-bond acceptors (Lipinski definition) is 5. The first-order chi connectivity index (χ1) is 12.5. The Kier molecular flexibility index (Phi) is 5.80. The zero-order valence-corrected chi connectivity index (χ0v) is 15.3. The van der Waals surface area contributed by atoms with E-state index in [4.69, 9.17) is 4.74 Å². The van der Waals surface area contributed by atoms with Crippen LogP contribution in [0.5, 0.6) is 5.75 Å². The Morgan fingerprint density at radius 3 is 2.81 bits per heavy atom. The number of carbonyl (C=O) groups excluding carboxylic acids is 1. The van der Waals surface area contributed by atoms with Crippen molar-refractivity contribution < 1.29 is 14.6 Å². The molecule has 1 saturated carbocycles. The molecule has 0 aromatic heterocycles. The second kappa shape index (κ2) is 8.07. The highest BCUT2D eigenvalue weighted by Gasteiger charge is 2.43. The summed E-state index contributed by atoms with van der Waals surface area (Å²) < 4.78 is 5.72. The van der Waals surface area contributed by atoms with Crippen LogP contribution < -0.4 is 5.32 Å². The molecule has 26 heavy (non-hydrogen) atoms. The highest BCUT2D eigenvalue weighted by atomic mass is 16.5. The van der Waals surface area contributed by atoms with Gasteiger partial charge in [0.25, 0.3) is 0 Å². The van der Waals surface area contributed by atoms with Crippen LogP contribution in [0.15, 0.2) is 24.3 Å². The van der Waals surface area contributed by atoms with Gasteiger partial charge in [0, 0.05) is 25.3 Å². The second-order valence-corrected chi connectivity index (χ2v) is 7.57. The number of nitrogens with one attached hydrogen (secondary N) is 1. The summed E-state index contributed by atoms with van der Waals surface area (Å²) in [5.41, 5.74) is -0.00913. The van der Waals surface area contributed by atoms with Gasteiger partial charge in [0.1, 0.15) is 11.3 Å². The second-order valence-electron chi connectivity index (χ2n) is 7.57. The van der Waals surface area contributed by atoms with E-state index in [2.05, 4.69) is 11.4 Å². The Bertz CT molecular complexity index is 677. The Labute approximate surface area is 154 Å². The first kappa shape index (κ1) is 18.7. The number of ether oxygens (including phenoxy) is 1.